The van der Waals surface area contributed by atoms with Crippen LogP contribution in [0.15, 0.2) is 35.1 Å². The quantitative estimate of drug-likeness (QED) is 0.784. The number of nitrogens with zero attached hydrogens (tertiary/aromatic N) is 2. The van der Waals surface area contributed by atoms with E-state index in [1.807, 2.05) is 25.1 Å². The Hall–Kier alpha value is -1.13. The van der Waals surface area contributed by atoms with Crippen LogP contribution in [-0.2, 0) is 12.3 Å². The fourth-order valence-corrected chi connectivity index (χ4v) is 2.00. The molecule has 94 valence electrons. The molecule has 0 bridgehead atoms. The molecular weight excluding hydrogens is 316 g/mol. The lowest BCUT2D eigenvalue weighted by Crippen LogP contribution is -1.95. The van der Waals surface area contributed by atoms with E-state index in [9.17, 15) is 0 Å². The smallest absolute Gasteiger partial charge is 0.219 e. The van der Waals surface area contributed by atoms with Gasteiger partial charge in [0.1, 0.15) is 5.75 Å². The third kappa shape index (κ3) is 3.43. The largest absolute Gasteiger partial charge is 0.437 e. The predicted molar refractivity (Wildman–Crippen MR) is 75.2 cm³/mol. The highest BCUT2D eigenvalue weighted by Crippen LogP contribution is 2.23. The number of aromatic nitrogens is 2. The fraction of sp³-hybridized carbons (Fsp3) is 0.231. The van der Waals surface area contributed by atoms with Gasteiger partial charge in [-0.1, -0.05) is 6.92 Å². The molecule has 0 saturated heterocycles. The molecule has 0 fully saturated rings. The monoisotopic (exact) mass is 326 g/mol. The van der Waals surface area contributed by atoms with Crippen LogP contribution < -0.4 is 4.74 Å². The van der Waals surface area contributed by atoms with Crippen LogP contribution >= 0.6 is 27.5 Å². The van der Waals surface area contributed by atoms with Crippen LogP contribution in [0.3, 0.4) is 0 Å². The van der Waals surface area contributed by atoms with E-state index in [-0.39, 0.29) is 0 Å². The van der Waals surface area contributed by atoms with Crippen molar-refractivity contribution in [1.82, 2.24) is 9.97 Å². The summed E-state index contributed by atoms with van der Waals surface area (Å²) in [6.45, 7) is 2.05. The van der Waals surface area contributed by atoms with Gasteiger partial charge in [-0.15, -0.1) is 11.6 Å². The second kappa shape index (κ2) is 6.16. The van der Waals surface area contributed by atoms with Gasteiger partial charge >= 0.3 is 0 Å². The highest BCUT2D eigenvalue weighted by molar-refractivity contribution is 9.10. The molecule has 0 atom stereocenters. The van der Waals surface area contributed by atoms with Crippen LogP contribution in [0.1, 0.15) is 18.2 Å². The maximum Gasteiger partial charge on any atom is 0.219 e. The molecule has 2 aromatic rings. The SMILES string of the molecule is CCc1cc(CCl)cc(Oc2cncc(Br)c2)n1. The molecular formula is C13H12BrClN2O. The van der Waals surface area contributed by atoms with Crippen molar-refractivity contribution >= 4 is 27.5 Å². The molecule has 2 rings (SSSR count). The molecule has 0 aliphatic carbocycles. The second-order valence-electron chi connectivity index (χ2n) is 3.73. The molecule has 0 saturated carbocycles. The van der Waals surface area contributed by atoms with E-state index in [1.54, 1.807) is 12.4 Å². The van der Waals surface area contributed by atoms with Crippen molar-refractivity contribution in [2.24, 2.45) is 0 Å². The standard InChI is InChI=1S/C13H12BrClN2O/c1-2-11-3-9(6-15)4-13(17-11)18-12-5-10(14)7-16-8-12/h3-5,7-8H,2,6H2,1H3. The van der Waals surface area contributed by atoms with Crippen LogP contribution in [0.2, 0.25) is 0 Å². The third-order valence-corrected chi connectivity index (χ3v) is 3.08. The van der Waals surface area contributed by atoms with Gasteiger partial charge in [0.25, 0.3) is 0 Å². The van der Waals surface area contributed by atoms with Gasteiger partial charge in [0, 0.05) is 28.3 Å². The Bertz CT molecular complexity index is 526. The maximum absolute atomic E-state index is 5.85. The van der Waals surface area contributed by atoms with Crippen molar-refractivity contribution in [3.8, 4) is 11.6 Å². The lowest BCUT2D eigenvalue weighted by molar-refractivity contribution is 0.458. The average Bonchev–Trinajstić information content (AvgIpc) is 2.38. The van der Waals surface area contributed by atoms with Gasteiger partial charge in [-0.3, -0.25) is 4.98 Å². The average molecular weight is 328 g/mol. The first kappa shape index (κ1) is 13.3. The molecule has 0 radical (unpaired) electrons. The molecule has 0 aliphatic heterocycles. The Kier molecular flexibility index (Phi) is 4.55. The molecule has 0 N–H and O–H groups in total. The summed E-state index contributed by atoms with van der Waals surface area (Å²) < 4.78 is 6.55. The maximum atomic E-state index is 5.85. The number of ether oxygens (including phenoxy) is 1. The molecule has 18 heavy (non-hydrogen) atoms. The summed E-state index contributed by atoms with van der Waals surface area (Å²) >= 11 is 9.20. The summed E-state index contributed by atoms with van der Waals surface area (Å²) in [6.07, 6.45) is 4.19. The number of pyridine rings is 2. The Morgan fingerprint density at radius 3 is 2.78 bits per heavy atom. The highest BCUT2D eigenvalue weighted by atomic mass is 79.9. The van der Waals surface area contributed by atoms with Crippen molar-refractivity contribution in [2.75, 3.05) is 0 Å². The normalized spacial score (nSPS) is 10.4. The van der Waals surface area contributed by atoms with Crippen LogP contribution in [0.5, 0.6) is 11.6 Å². The van der Waals surface area contributed by atoms with Crippen LogP contribution in [0.4, 0.5) is 0 Å². The van der Waals surface area contributed by atoms with Gasteiger partial charge in [0.05, 0.1) is 6.20 Å². The Morgan fingerprint density at radius 2 is 2.11 bits per heavy atom. The summed E-state index contributed by atoms with van der Waals surface area (Å²) in [4.78, 5) is 8.44. The van der Waals surface area contributed by atoms with Gasteiger partial charge < -0.3 is 4.74 Å². The van der Waals surface area contributed by atoms with Crippen molar-refractivity contribution in [2.45, 2.75) is 19.2 Å². The van der Waals surface area contributed by atoms with Crippen molar-refractivity contribution in [1.29, 1.82) is 0 Å². The summed E-state index contributed by atoms with van der Waals surface area (Å²) in [5, 5.41) is 0. The van der Waals surface area contributed by atoms with Crippen LogP contribution in [0, 0.1) is 0 Å². The molecule has 0 spiro atoms. The van der Waals surface area contributed by atoms with E-state index in [0.717, 1.165) is 22.2 Å². The van der Waals surface area contributed by atoms with E-state index >= 15 is 0 Å². The van der Waals surface area contributed by atoms with Crippen LogP contribution in [0.25, 0.3) is 0 Å². The van der Waals surface area contributed by atoms with Crippen LogP contribution in [-0.4, -0.2) is 9.97 Å². The first-order valence-corrected chi connectivity index (χ1v) is 6.88. The topological polar surface area (TPSA) is 35.0 Å². The minimum atomic E-state index is 0.447. The van der Waals surface area contributed by atoms with E-state index in [2.05, 4.69) is 25.9 Å². The van der Waals surface area contributed by atoms with E-state index in [4.69, 9.17) is 16.3 Å². The molecule has 2 aromatic heterocycles. The third-order valence-electron chi connectivity index (χ3n) is 2.33. The summed E-state index contributed by atoms with van der Waals surface area (Å²) in [6, 6.07) is 5.67. The molecule has 5 heteroatoms. The van der Waals surface area contributed by atoms with Gasteiger partial charge in [0.2, 0.25) is 5.88 Å². The number of halogens is 2. The molecule has 3 nitrogen and oxygen atoms in total. The lowest BCUT2D eigenvalue weighted by atomic mass is 10.2. The number of alkyl halides is 1. The first-order chi connectivity index (χ1) is 8.71. The first-order valence-electron chi connectivity index (χ1n) is 5.55. The van der Waals surface area contributed by atoms with E-state index in [0.29, 0.717) is 17.5 Å². The van der Waals surface area contributed by atoms with Gasteiger partial charge in [-0.2, -0.15) is 0 Å². The zero-order chi connectivity index (χ0) is 13.0. The lowest BCUT2D eigenvalue weighted by Gasteiger charge is -2.08. The number of rotatable bonds is 4. The molecule has 2 heterocycles. The Morgan fingerprint density at radius 1 is 1.28 bits per heavy atom. The second-order valence-corrected chi connectivity index (χ2v) is 4.92. The van der Waals surface area contributed by atoms with Crippen molar-refractivity contribution in [3.05, 3.63) is 46.3 Å². The highest BCUT2D eigenvalue weighted by Gasteiger charge is 2.04. The molecule has 0 aromatic carbocycles. The summed E-state index contributed by atoms with van der Waals surface area (Å²) in [5.41, 5.74) is 1.97. The minimum absolute atomic E-state index is 0.447. The van der Waals surface area contributed by atoms with E-state index < -0.39 is 0 Å². The zero-order valence-electron chi connectivity index (χ0n) is 9.86. The number of hydrogen-bond donors (Lipinski definition) is 0. The van der Waals surface area contributed by atoms with E-state index in [1.165, 1.54) is 0 Å². The summed E-state index contributed by atoms with van der Waals surface area (Å²) in [5.74, 6) is 1.64. The Labute approximate surface area is 119 Å². The Balaban J connectivity index is 2.28. The van der Waals surface area contributed by atoms with Crippen molar-refractivity contribution in [3.63, 3.8) is 0 Å². The van der Waals surface area contributed by atoms with Gasteiger partial charge in [-0.25, -0.2) is 4.98 Å². The number of hydrogen-bond acceptors (Lipinski definition) is 3. The summed E-state index contributed by atoms with van der Waals surface area (Å²) in [7, 11) is 0. The fourth-order valence-electron chi connectivity index (χ4n) is 1.50. The molecule has 0 amide bonds. The molecule has 0 unspecified atom stereocenters. The number of aryl methyl sites for hydroxylation is 1. The minimum Gasteiger partial charge on any atom is -0.437 e. The predicted octanol–water partition coefficient (Wildman–Crippen LogP) is 4.33. The zero-order valence-corrected chi connectivity index (χ0v) is 12.2. The van der Waals surface area contributed by atoms with Gasteiger partial charge in [0.15, 0.2) is 0 Å². The van der Waals surface area contributed by atoms with Gasteiger partial charge in [-0.05, 0) is 40.0 Å². The van der Waals surface area contributed by atoms with Crippen molar-refractivity contribution < 1.29 is 4.74 Å². The molecule has 0 aliphatic rings.